The van der Waals surface area contributed by atoms with Crippen molar-refractivity contribution in [2.45, 2.75) is 25.4 Å². The minimum Gasteiger partial charge on any atom is -0.495 e. The van der Waals surface area contributed by atoms with E-state index in [0.29, 0.717) is 12.6 Å². The van der Waals surface area contributed by atoms with Crippen LogP contribution in [-0.4, -0.2) is 74.7 Å². The molecule has 0 aliphatic carbocycles. The molecule has 6 heteroatoms. The van der Waals surface area contributed by atoms with Crippen LogP contribution in [0.2, 0.25) is 0 Å². The number of carbonyl (C=O) groups is 1. The van der Waals surface area contributed by atoms with Gasteiger partial charge in [0, 0.05) is 51.9 Å². The first-order valence-electron chi connectivity index (χ1n) is 11.4. The third-order valence-corrected chi connectivity index (χ3v) is 6.37. The third-order valence-electron chi connectivity index (χ3n) is 6.37. The lowest BCUT2D eigenvalue weighted by Gasteiger charge is -2.37. The molecular formula is C25H34N4O2. The van der Waals surface area contributed by atoms with Gasteiger partial charge in [-0.1, -0.05) is 42.5 Å². The number of amides is 1. The number of piperidine rings is 1. The van der Waals surface area contributed by atoms with Crippen LogP contribution < -0.4 is 15.0 Å². The van der Waals surface area contributed by atoms with Crippen LogP contribution in [-0.2, 0) is 11.3 Å². The standard InChI is InChI=1S/C25H34N4O2/c1-31-24-10-6-5-9-23(24)29-17-15-28(16-18-29)20-25(30)26-22-11-13-27(14-12-22)19-21-7-3-2-4-8-21/h2-10,22H,11-20H2,1H3,(H,26,30). The predicted molar refractivity (Wildman–Crippen MR) is 125 cm³/mol. The third kappa shape index (κ3) is 5.99. The van der Waals surface area contributed by atoms with E-state index >= 15 is 0 Å². The Morgan fingerprint density at radius 2 is 1.58 bits per heavy atom. The highest BCUT2D eigenvalue weighted by Gasteiger charge is 2.24. The number of anilines is 1. The van der Waals surface area contributed by atoms with Gasteiger partial charge < -0.3 is 15.0 Å². The van der Waals surface area contributed by atoms with Crippen LogP contribution in [0.3, 0.4) is 0 Å². The molecule has 1 amide bonds. The van der Waals surface area contributed by atoms with Crippen LogP contribution in [0.5, 0.6) is 5.75 Å². The number of hydrogen-bond donors (Lipinski definition) is 1. The zero-order chi connectivity index (χ0) is 21.5. The number of rotatable bonds is 7. The Morgan fingerprint density at radius 1 is 0.903 bits per heavy atom. The second-order valence-electron chi connectivity index (χ2n) is 8.54. The molecule has 2 saturated heterocycles. The number of nitrogens with zero attached hydrogens (tertiary/aromatic N) is 3. The van der Waals surface area contributed by atoms with E-state index in [2.05, 4.69) is 56.4 Å². The average molecular weight is 423 g/mol. The number of likely N-dealkylation sites (tertiary alicyclic amines) is 1. The maximum absolute atomic E-state index is 12.6. The van der Waals surface area contributed by atoms with Gasteiger partial charge >= 0.3 is 0 Å². The summed E-state index contributed by atoms with van der Waals surface area (Å²) < 4.78 is 5.49. The van der Waals surface area contributed by atoms with Crippen molar-refractivity contribution in [3.05, 3.63) is 60.2 Å². The summed E-state index contributed by atoms with van der Waals surface area (Å²) in [4.78, 5) is 19.7. The Bertz CT molecular complexity index is 828. The number of methoxy groups -OCH3 is 1. The largest absolute Gasteiger partial charge is 0.495 e. The van der Waals surface area contributed by atoms with Gasteiger partial charge in [0.2, 0.25) is 5.91 Å². The van der Waals surface area contributed by atoms with Crippen LogP contribution in [0.1, 0.15) is 18.4 Å². The van der Waals surface area contributed by atoms with Crippen molar-refractivity contribution in [2.75, 3.05) is 57.8 Å². The van der Waals surface area contributed by atoms with Crippen LogP contribution in [0.15, 0.2) is 54.6 Å². The monoisotopic (exact) mass is 422 g/mol. The molecule has 0 aromatic heterocycles. The Labute approximate surface area is 185 Å². The maximum atomic E-state index is 12.6. The fraction of sp³-hybridized carbons (Fsp3) is 0.480. The number of ether oxygens (including phenoxy) is 1. The van der Waals surface area contributed by atoms with Gasteiger partial charge in [0.25, 0.3) is 0 Å². The normalized spacial score (nSPS) is 18.7. The zero-order valence-electron chi connectivity index (χ0n) is 18.5. The van der Waals surface area contributed by atoms with Crippen molar-refractivity contribution >= 4 is 11.6 Å². The van der Waals surface area contributed by atoms with Gasteiger partial charge in [-0.25, -0.2) is 0 Å². The predicted octanol–water partition coefficient (Wildman–Crippen LogP) is 2.60. The molecule has 1 N–H and O–H groups in total. The SMILES string of the molecule is COc1ccccc1N1CCN(CC(=O)NC2CCN(Cc3ccccc3)CC2)CC1. The molecule has 0 bridgehead atoms. The van der Waals surface area contributed by atoms with E-state index in [1.165, 1.54) is 5.56 Å². The average Bonchev–Trinajstić information content (AvgIpc) is 2.81. The first-order chi connectivity index (χ1) is 15.2. The maximum Gasteiger partial charge on any atom is 0.234 e. The van der Waals surface area contributed by atoms with Gasteiger partial charge in [-0.05, 0) is 30.5 Å². The molecule has 166 valence electrons. The van der Waals surface area contributed by atoms with Gasteiger partial charge in [-0.15, -0.1) is 0 Å². The van der Waals surface area contributed by atoms with Crippen molar-refractivity contribution in [2.24, 2.45) is 0 Å². The fourth-order valence-corrected chi connectivity index (χ4v) is 4.59. The number of benzene rings is 2. The molecule has 2 fully saturated rings. The quantitative estimate of drug-likeness (QED) is 0.743. The zero-order valence-corrected chi connectivity index (χ0v) is 18.5. The van der Waals surface area contributed by atoms with Crippen molar-refractivity contribution in [3.63, 3.8) is 0 Å². The molecule has 6 nitrogen and oxygen atoms in total. The second-order valence-corrected chi connectivity index (χ2v) is 8.54. The minimum absolute atomic E-state index is 0.159. The van der Waals surface area contributed by atoms with Crippen LogP contribution >= 0.6 is 0 Å². The van der Waals surface area contributed by atoms with Crippen molar-refractivity contribution in [1.82, 2.24) is 15.1 Å². The molecule has 0 spiro atoms. The summed E-state index contributed by atoms with van der Waals surface area (Å²) in [5.74, 6) is 1.07. The first-order valence-corrected chi connectivity index (χ1v) is 11.4. The van der Waals surface area contributed by atoms with E-state index in [-0.39, 0.29) is 5.91 Å². The smallest absolute Gasteiger partial charge is 0.234 e. The second kappa shape index (κ2) is 10.6. The summed E-state index contributed by atoms with van der Waals surface area (Å²) in [5.41, 5.74) is 2.49. The molecule has 2 heterocycles. The lowest BCUT2D eigenvalue weighted by atomic mass is 10.0. The van der Waals surface area contributed by atoms with Gasteiger partial charge in [0.15, 0.2) is 0 Å². The van der Waals surface area contributed by atoms with Crippen LogP contribution in [0.4, 0.5) is 5.69 Å². The van der Waals surface area contributed by atoms with Gasteiger partial charge in [0.1, 0.15) is 5.75 Å². The summed E-state index contributed by atoms with van der Waals surface area (Å²) in [6, 6.07) is 19.1. The summed E-state index contributed by atoms with van der Waals surface area (Å²) >= 11 is 0. The van der Waals surface area contributed by atoms with Crippen LogP contribution in [0, 0.1) is 0 Å². The molecule has 2 aliphatic heterocycles. The number of piperazine rings is 1. The molecule has 4 rings (SSSR count). The highest BCUT2D eigenvalue weighted by atomic mass is 16.5. The van der Waals surface area contributed by atoms with E-state index in [4.69, 9.17) is 4.74 Å². The Balaban J connectivity index is 1.17. The lowest BCUT2D eigenvalue weighted by Crippen LogP contribution is -2.51. The molecule has 2 aromatic rings. The minimum atomic E-state index is 0.159. The van der Waals surface area contributed by atoms with Gasteiger partial charge in [-0.3, -0.25) is 14.6 Å². The summed E-state index contributed by atoms with van der Waals surface area (Å²) in [5, 5.41) is 3.27. The highest BCUT2D eigenvalue weighted by Crippen LogP contribution is 2.28. The van der Waals surface area contributed by atoms with E-state index in [1.807, 2.05) is 18.2 Å². The summed E-state index contributed by atoms with van der Waals surface area (Å²) in [6.07, 6.45) is 2.06. The van der Waals surface area contributed by atoms with Gasteiger partial charge in [-0.2, -0.15) is 0 Å². The fourth-order valence-electron chi connectivity index (χ4n) is 4.59. The molecule has 2 aromatic carbocycles. The molecule has 2 aliphatic rings. The number of nitrogens with one attached hydrogen (secondary N) is 1. The number of para-hydroxylation sites is 2. The number of carbonyl (C=O) groups excluding carboxylic acids is 1. The Morgan fingerprint density at radius 3 is 2.29 bits per heavy atom. The molecule has 0 atom stereocenters. The van der Waals surface area contributed by atoms with E-state index in [9.17, 15) is 4.79 Å². The molecular weight excluding hydrogens is 388 g/mol. The Kier molecular flexibility index (Phi) is 7.43. The summed E-state index contributed by atoms with van der Waals surface area (Å²) in [7, 11) is 1.71. The molecule has 0 unspecified atom stereocenters. The Hall–Kier alpha value is -2.57. The van der Waals surface area contributed by atoms with E-state index in [1.54, 1.807) is 7.11 Å². The lowest BCUT2D eigenvalue weighted by molar-refractivity contribution is -0.123. The molecule has 0 saturated carbocycles. The summed E-state index contributed by atoms with van der Waals surface area (Å²) in [6.45, 7) is 7.16. The van der Waals surface area contributed by atoms with Gasteiger partial charge in [0.05, 0.1) is 19.3 Å². The van der Waals surface area contributed by atoms with Crippen molar-refractivity contribution < 1.29 is 9.53 Å². The molecule has 31 heavy (non-hydrogen) atoms. The topological polar surface area (TPSA) is 48.1 Å². The number of hydrogen-bond acceptors (Lipinski definition) is 5. The first kappa shape index (κ1) is 21.7. The van der Waals surface area contributed by atoms with Crippen LogP contribution in [0.25, 0.3) is 0 Å². The molecule has 0 radical (unpaired) electrons. The van der Waals surface area contributed by atoms with Crippen molar-refractivity contribution in [1.29, 1.82) is 0 Å². The van der Waals surface area contributed by atoms with E-state index < -0.39 is 0 Å². The highest BCUT2D eigenvalue weighted by molar-refractivity contribution is 5.78. The van der Waals surface area contributed by atoms with E-state index in [0.717, 1.165) is 70.1 Å². The van der Waals surface area contributed by atoms with Crippen molar-refractivity contribution in [3.8, 4) is 5.75 Å².